The molecule has 10 aliphatic heterocycles. The van der Waals surface area contributed by atoms with Crippen molar-refractivity contribution < 1.29 is 95.9 Å². The Labute approximate surface area is 749 Å². The van der Waals surface area contributed by atoms with Gasteiger partial charge in [-0.15, -0.1) is 0 Å². The zero-order chi connectivity index (χ0) is 92.7. The van der Waals surface area contributed by atoms with E-state index < -0.39 is 90.8 Å². The van der Waals surface area contributed by atoms with Gasteiger partial charge in [-0.2, -0.15) is 51.8 Å². The van der Waals surface area contributed by atoms with E-state index >= 15 is 0 Å². The Balaban J connectivity index is 0.000000122. The maximum absolute atomic E-state index is 12.5. The van der Waals surface area contributed by atoms with Crippen LogP contribution in [0.5, 0.6) is 5.88 Å². The number of carbonyl (C=O) groups excluding carboxylic acids is 5. The number of nitrogens with one attached hydrogen (secondary N) is 5. The second kappa shape index (κ2) is 39.7. The van der Waals surface area contributed by atoms with Crippen LogP contribution in [-0.4, -0.2) is 184 Å². The summed E-state index contributed by atoms with van der Waals surface area (Å²) in [4.78, 5) is 106. The number of hydrogen-bond donors (Lipinski definition) is 7. The monoisotopic (exact) mass is 1900 g/mol. The van der Waals surface area contributed by atoms with Gasteiger partial charge >= 0.3 is 18.3 Å². The number of carboxylic acids is 2. The fraction of sp³-hybridized carbons (Fsp3) is 0.237. The number of aliphatic carboxylic acids is 2. The third-order valence-corrected chi connectivity index (χ3v) is 25.4. The molecule has 0 radical (unpaired) electrons. The first-order chi connectivity index (χ1) is 62.6. The van der Waals surface area contributed by atoms with Gasteiger partial charge < -0.3 is 14.9 Å². The topological polar surface area (TPSA) is 484 Å². The molecule has 21 rings (SSSR count). The maximum Gasteiger partial charge on any atom is 0.490 e. The van der Waals surface area contributed by atoms with E-state index in [0.717, 1.165) is 169 Å². The number of fused-ring (bicyclic) bond motifs is 6. The second-order valence-corrected chi connectivity index (χ2v) is 35.6. The zero-order valence-electron chi connectivity index (χ0n) is 68.4. The predicted octanol–water partition coefficient (Wildman–Crippen LogP) is 4.83. The van der Waals surface area contributed by atoms with E-state index in [9.17, 15) is 71.4 Å². The summed E-state index contributed by atoms with van der Waals surface area (Å²) in [5, 5.41) is 39.5. The molecule has 0 saturated carbocycles. The normalized spacial score (nSPS) is 19.3. The average Bonchev–Trinajstić information content (AvgIpc) is 1.65. The van der Waals surface area contributed by atoms with Gasteiger partial charge in [0.05, 0.1) is 53.0 Å². The highest BCUT2D eigenvalue weighted by atomic mass is 32.2. The summed E-state index contributed by atoms with van der Waals surface area (Å²) >= 11 is 0. The Bertz CT molecular complexity index is 6370. The molecule has 51 heteroatoms. The molecular formula is C80H73F6N25O15S5. The minimum Gasteiger partial charge on any atom is -0.481 e. The number of amides is 5. The number of pyridine rings is 5. The van der Waals surface area contributed by atoms with Crippen LogP contribution in [0.2, 0.25) is 0 Å². The smallest absolute Gasteiger partial charge is 0.481 e. The van der Waals surface area contributed by atoms with Crippen molar-refractivity contribution in [1.29, 1.82) is 0 Å². The molecule has 0 fully saturated rings. The highest BCUT2D eigenvalue weighted by Crippen LogP contribution is 2.34. The number of para-hydroxylation sites is 1. The molecule has 10 aromatic heterocycles. The Morgan fingerprint density at radius 3 is 1.20 bits per heavy atom. The SMILES string of the molecule is CC(=O)O.COc1ccc(CN2Cc3cnn(C4=CC(=O)NS4=O)c3C2)cn1.O=C(O)C(F)(F)F.O=C1C=C(n2cc3c(n2)CN(Cc2ccc(C(F)(F)F)nc2)C3)S(=O)N1.O=C1C=C(n2cc3c(n2)CN(Cc2ccccn2)C3)S(=O)N1.O=C1C=C(n2cc3c(n2)CN(Cc2ccncc2)C3)S(=O)N1.O=C1C=C(n2cc3c(n2)CN(Cc2cnc4ccccc4c2)C3)S(=O)N1. The van der Waals surface area contributed by atoms with Crippen LogP contribution >= 0.6 is 0 Å². The van der Waals surface area contributed by atoms with Gasteiger partial charge in [0.1, 0.15) is 5.69 Å². The summed E-state index contributed by atoms with van der Waals surface area (Å²) in [6, 6.07) is 26.3. The third kappa shape index (κ3) is 22.9. The van der Waals surface area contributed by atoms with Crippen molar-refractivity contribution in [2.75, 3.05) is 7.11 Å². The Hall–Kier alpha value is -13.8. The number of rotatable bonds is 16. The molecular weight excluding hydrogens is 1830 g/mol. The van der Waals surface area contributed by atoms with Crippen molar-refractivity contribution in [2.45, 2.75) is 117 Å². The fourth-order valence-electron chi connectivity index (χ4n) is 14.5. The van der Waals surface area contributed by atoms with Crippen LogP contribution in [0.1, 0.15) is 96.9 Å². The van der Waals surface area contributed by atoms with Crippen molar-refractivity contribution in [1.82, 2.24) is 122 Å². The molecule has 20 heterocycles. The van der Waals surface area contributed by atoms with Crippen molar-refractivity contribution in [3.8, 4) is 5.88 Å². The van der Waals surface area contributed by atoms with E-state index in [0.29, 0.717) is 57.7 Å². The molecule has 10 aliphatic rings. The summed E-state index contributed by atoms with van der Waals surface area (Å²) in [7, 11) is -6.13. The largest absolute Gasteiger partial charge is 0.490 e. The van der Waals surface area contributed by atoms with Gasteiger partial charge in [0.25, 0.3) is 35.5 Å². The van der Waals surface area contributed by atoms with Crippen LogP contribution in [0.4, 0.5) is 26.3 Å². The Kier molecular flexibility index (Phi) is 27.8. The van der Waals surface area contributed by atoms with Crippen LogP contribution in [0.3, 0.4) is 0 Å². The Morgan fingerprint density at radius 1 is 0.427 bits per heavy atom. The predicted molar refractivity (Wildman–Crippen MR) is 456 cm³/mol. The first-order valence-corrected chi connectivity index (χ1v) is 44.7. The number of carboxylic acid groups (broad SMARTS) is 2. The van der Waals surface area contributed by atoms with Crippen LogP contribution in [0.15, 0.2) is 183 Å². The lowest BCUT2D eigenvalue weighted by Gasteiger charge is -2.15. The van der Waals surface area contributed by atoms with E-state index in [2.05, 4.69) is 106 Å². The molecule has 0 spiro atoms. The summed E-state index contributed by atoms with van der Waals surface area (Å²) in [5.74, 6) is -4.82. The number of aromatic nitrogens is 15. The van der Waals surface area contributed by atoms with Crippen LogP contribution in [0.25, 0.3) is 36.0 Å². The quantitative estimate of drug-likeness (QED) is 0.0637. The van der Waals surface area contributed by atoms with Gasteiger partial charge in [-0.1, -0.05) is 36.4 Å². The van der Waals surface area contributed by atoms with E-state index in [1.165, 1.54) is 57.6 Å². The number of ether oxygens (including phenoxy) is 1. The number of halogens is 6. The molecule has 0 aliphatic carbocycles. The van der Waals surface area contributed by atoms with Crippen molar-refractivity contribution >= 4 is 132 Å². The van der Waals surface area contributed by atoms with Crippen LogP contribution in [-0.2, 0) is 193 Å². The van der Waals surface area contributed by atoms with E-state index in [4.69, 9.17) is 24.5 Å². The van der Waals surface area contributed by atoms with Crippen molar-refractivity contribution in [3.05, 3.63) is 273 Å². The molecule has 5 atom stereocenters. The molecule has 131 heavy (non-hydrogen) atoms. The molecule has 5 amide bonds. The minimum absolute atomic E-state index is 0.280. The summed E-state index contributed by atoms with van der Waals surface area (Å²) in [5.41, 5.74) is 15.1. The fourth-order valence-corrected chi connectivity index (χ4v) is 18.7. The minimum atomic E-state index is -5.08. The maximum atomic E-state index is 12.5. The third-order valence-electron chi connectivity index (χ3n) is 20.1. The average molecular weight is 1900 g/mol. The summed E-state index contributed by atoms with van der Waals surface area (Å²) < 4.78 is 153. The van der Waals surface area contributed by atoms with Gasteiger partial charge in [-0.05, 0) is 64.7 Å². The van der Waals surface area contributed by atoms with Crippen molar-refractivity contribution in [2.24, 2.45) is 0 Å². The number of benzene rings is 1. The Morgan fingerprint density at radius 2 is 0.817 bits per heavy atom. The molecule has 0 saturated heterocycles. The van der Waals surface area contributed by atoms with Crippen LogP contribution < -0.4 is 28.3 Å². The lowest BCUT2D eigenvalue weighted by atomic mass is 10.1. The van der Waals surface area contributed by atoms with E-state index in [1.807, 2.05) is 90.4 Å². The van der Waals surface area contributed by atoms with E-state index in [1.54, 1.807) is 58.3 Å². The molecule has 7 N–H and O–H groups in total. The van der Waals surface area contributed by atoms with Gasteiger partial charge in [0.2, 0.25) is 5.88 Å². The van der Waals surface area contributed by atoms with Gasteiger partial charge in [-0.25, -0.2) is 54.2 Å². The first-order valence-electron chi connectivity index (χ1n) is 39.0. The second-order valence-electron chi connectivity index (χ2n) is 29.8. The highest BCUT2D eigenvalue weighted by molar-refractivity contribution is 7.94. The van der Waals surface area contributed by atoms with Crippen LogP contribution in [0, 0.1) is 0 Å². The first kappa shape index (κ1) is 91.9. The number of methoxy groups -OCH3 is 1. The van der Waals surface area contributed by atoms with E-state index in [-0.39, 0.29) is 28.7 Å². The molecule has 5 unspecified atom stereocenters. The van der Waals surface area contributed by atoms with Gasteiger partial charge in [-0.3, -0.25) is 96.8 Å². The molecule has 11 aromatic rings. The van der Waals surface area contributed by atoms with Crippen molar-refractivity contribution in [3.63, 3.8) is 0 Å². The summed E-state index contributed by atoms with van der Waals surface area (Å²) in [6.07, 6.45) is 16.4. The standard InChI is InChI=1S/C18H15N5O2S.C15H12F3N5O2S.C15H15N5O3S.2C14H13N5O2S.C2HF3O2.C2H4O2/c24-17-6-18(26(25)21-17)23-10-14-9-22(11-16(14)20-23)8-12-5-13-3-1-2-4-15(13)19-7-12;16-15(17,18)12-2-1-9(4-19-12)5-22-6-10-7-23(20-11(10)8-22)14-3-13(24)21-26(14)25;1-23-14-3-2-10(5-16-14)7-19-8-11-6-17-20(12(11)9-19)15-4-13(21)18-24(15)22;20-13-5-14(22(21)17-13)19-8-11-7-18(9-12(11)16-19)6-10-1-3-15-4-2-10;20-13-5-14(22(21)17-13)19-7-10-6-18(9-12(10)16-19)8-11-3-1-2-4-15-11;3-2(4,5)1(6)7;1-2(3)4/h1-7,10H,8-9,11H2,(H,21,24);1-4,7H,5-6,8H2,(H,21,24);2-6H,7-9H2,1H3,(H,18,21);1-5,8H,6-7,9H2,(H,17,20);1-5,7H,6,8-9H2,(H,17,20);(H,6,7);1H3,(H,3,4). The molecule has 680 valence electrons. The molecule has 1 aromatic carbocycles. The lowest BCUT2D eigenvalue weighted by Crippen LogP contribution is -2.21. The number of carbonyl (C=O) groups is 7. The number of hydrogen-bond acceptors (Lipinski definition) is 28. The molecule has 0 bridgehead atoms. The lowest BCUT2D eigenvalue weighted by molar-refractivity contribution is -0.192. The number of alkyl halides is 6. The zero-order valence-corrected chi connectivity index (χ0v) is 72.5. The number of nitrogens with zero attached hydrogens (tertiary/aromatic N) is 20. The van der Waals surface area contributed by atoms with Gasteiger partial charge in [0.15, 0.2) is 80.1 Å². The molecule has 40 nitrogen and oxygen atoms in total. The highest BCUT2D eigenvalue weighted by Gasteiger charge is 2.39. The van der Waals surface area contributed by atoms with Gasteiger partial charge in [0, 0.05) is 237 Å². The summed E-state index contributed by atoms with van der Waals surface area (Å²) in [6.45, 7) is 11.7.